The van der Waals surface area contributed by atoms with Crippen LogP contribution in [0.25, 0.3) is 11.1 Å². The van der Waals surface area contributed by atoms with E-state index in [-0.39, 0.29) is 0 Å². The summed E-state index contributed by atoms with van der Waals surface area (Å²) < 4.78 is 5.27. The van der Waals surface area contributed by atoms with Gasteiger partial charge in [0.05, 0.1) is 6.20 Å². The van der Waals surface area contributed by atoms with Crippen molar-refractivity contribution < 1.29 is 4.42 Å². The predicted molar refractivity (Wildman–Crippen MR) is 77.2 cm³/mol. The standard InChI is InChI=1S/C15H12ClN3O/c16-13-4-2-1-3-11(13)10-5-6-18-9-12(10)14(17)15-19-7-8-20-15/h1-9,14H,17H2. The number of hydrogen-bond donors (Lipinski definition) is 1. The van der Waals surface area contributed by atoms with Crippen molar-refractivity contribution >= 4 is 11.6 Å². The van der Waals surface area contributed by atoms with Crippen molar-refractivity contribution in [1.82, 2.24) is 9.97 Å². The van der Waals surface area contributed by atoms with E-state index < -0.39 is 6.04 Å². The Kier molecular flexibility index (Phi) is 3.50. The molecular weight excluding hydrogens is 274 g/mol. The van der Waals surface area contributed by atoms with Gasteiger partial charge in [-0.15, -0.1) is 0 Å². The number of nitrogens with zero attached hydrogens (tertiary/aromatic N) is 2. The summed E-state index contributed by atoms with van der Waals surface area (Å²) in [5, 5.41) is 0.666. The zero-order valence-electron chi connectivity index (χ0n) is 10.5. The van der Waals surface area contributed by atoms with E-state index >= 15 is 0 Å². The summed E-state index contributed by atoms with van der Waals surface area (Å²) in [6.45, 7) is 0. The molecule has 0 saturated heterocycles. The topological polar surface area (TPSA) is 64.9 Å². The molecule has 1 aromatic carbocycles. The molecule has 0 saturated carbocycles. The van der Waals surface area contributed by atoms with E-state index in [1.54, 1.807) is 18.6 Å². The second-order valence-electron chi connectivity index (χ2n) is 4.29. The summed E-state index contributed by atoms with van der Waals surface area (Å²) in [5.74, 6) is 0.450. The molecule has 0 fully saturated rings. The molecule has 1 atom stereocenters. The van der Waals surface area contributed by atoms with Gasteiger partial charge in [0.2, 0.25) is 5.89 Å². The largest absolute Gasteiger partial charge is 0.447 e. The van der Waals surface area contributed by atoms with Gasteiger partial charge in [0.25, 0.3) is 0 Å². The van der Waals surface area contributed by atoms with Crippen molar-refractivity contribution in [3.05, 3.63) is 71.7 Å². The Balaban J connectivity index is 2.12. The van der Waals surface area contributed by atoms with E-state index in [4.69, 9.17) is 21.8 Å². The minimum Gasteiger partial charge on any atom is -0.447 e. The lowest BCUT2D eigenvalue weighted by Gasteiger charge is -2.14. The first-order valence-electron chi connectivity index (χ1n) is 6.11. The van der Waals surface area contributed by atoms with Crippen LogP contribution in [0.5, 0.6) is 0 Å². The van der Waals surface area contributed by atoms with E-state index in [9.17, 15) is 0 Å². The first-order chi connectivity index (χ1) is 9.77. The molecule has 0 aliphatic heterocycles. The molecule has 0 aliphatic rings. The zero-order valence-corrected chi connectivity index (χ0v) is 11.3. The molecule has 1 unspecified atom stereocenters. The molecule has 20 heavy (non-hydrogen) atoms. The summed E-state index contributed by atoms with van der Waals surface area (Å²) in [5.41, 5.74) is 8.87. The maximum Gasteiger partial charge on any atom is 0.215 e. The summed E-state index contributed by atoms with van der Waals surface area (Å²) in [6, 6.07) is 9.02. The Bertz CT molecular complexity index is 713. The molecular formula is C15H12ClN3O. The molecule has 3 aromatic rings. The van der Waals surface area contributed by atoms with Crippen LogP contribution in [0.3, 0.4) is 0 Å². The molecule has 4 nitrogen and oxygen atoms in total. The Morgan fingerprint density at radius 2 is 1.95 bits per heavy atom. The number of oxazole rings is 1. The summed E-state index contributed by atoms with van der Waals surface area (Å²) in [6.07, 6.45) is 6.50. The number of benzene rings is 1. The van der Waals surface area contributed by atoms with Gasteiger partial charge in [0.15, 0.2) is 0 Å². The highest BCUT2D eigenvalue weighted by atomic mass is 35.5. The van der Waals surface area contributed by atoms with Crippen molar-refractivity contribution in [2.24, 2.45) is 5.73 Å². The highest BCUT2D eigenvalue weighted by Crippen LogP contribution is 2.33. The van der Waals surface area contributed by atoms with Crippen molar-refractivity contribution in [3.63, 3.8) is 0 Å². The van der Waals surface area contributed by atoms with Crippen molar-refractivity contribution in [2.45, 2.75) is 6.04 Å². The van der Waals surface area contributed by atoms with Crippen LogP contribution >= 0.6 is 11.6 Å². The van der Waals surface area contributed by atoms with Crippen LogP contribution in [-0.4, -0.2) is 9.97 Å². The summed E-state index contributed by atoms with van der Waals surface area (Å²) >= 11 is 6.26. The molecule has 0 bridgehead atoms. The van der Waals surface area contributed by atoms with Crippen molar-refractivity contribution in [1.29, 1.82) is 0 Å². The maximum absolute atomic E-state index is 6.26. The highest BCUT2D eigenvalue weighted by Gasteiger charge is 2.19. The minimum atomic E-state index is -0.482. The predicted octanol–water partition coefficient (Wildman–Crippen LogP) is 3.44. The monoisotopic (exact) mass is 285 g/mol. The van der Waals surface area contributed by atoms with E-state index in [0.29, 0.717) is 10.9 Å². The maximum atomic E-state index is 6.26. The molecule has 0 radical (unpaired) electrons. The Morgan fingerprint density at radius 1 is 1.10 bits per heavy atom. The van der Waals surface area contributed by atoms with Crippen molar-refractivity contribution in [3.8, 4) is 11.1 Å². The fourth-order valence-corrected chi connectivity index (χ4v) is 2.34. The lowest BCUT2D eigenvalue weighted by molar-refractivity contribution is 0.474. The number of pyridine rings is 1. The van der Waals surface area contributed by atoms with Crippen molar-refractivity contribution in [2.75, 3.05) is 0 Å². The number of hydrogen-bond acceptors (Lipinski definition) is 4. The second-order valence-corrected chi connectivity index (χ2v) is 4.70. The van der Waals surface area contributed by atoms with Crippen LogP contribution in [0.15, 0.2) is 59.6 Å². The second kappa shape index (κ2) is 5.45. The van der Waals surface area contributed by atoms with Gasteiger partial charge >= 0.3 is 0 Å². The first kappa shape index (κ1) is 12.8. The van der Waals surface area contributed by atoms with Gasteiger partial charge in [-0.05, 0) is 17.7 Å². The van der Waals surface area contributed by atoms with Gasteiger partial charge in [0, 0.05) is 28.5 Å². The lowest BCUT2D eigenvalue weighted by Crippen LogP contribution is -2.13. The average molecular weight is 286 g/mol. The molecule has 2 N–H and O–H groups in total. The van der Waals surface area contributed by atoms with E-state index in [0.717, 1.165) is 16.7 Å². The molecule has 0 amide bonds. The lowest BCUT2D eigenvalue weighted by atomic mass is 9.97. The van der Waals surface area contributed by atoms with Gasteiger partial charge in [0.1, 0.15) is 12.3 Å². The molecule has 5 heteroatoms. The van der Waals surface area contributed by atoms with Gasteiger partial charge in [-0.2, -0.15) is 0 Å². The zero-order chi connectivity index (χ0) is 13.9. The van der Waals surface area contributed by atoms with Crippen LogP contribution in [0.4, 0.5) is 0 Å². The number of aromatic nitrogens is 2. The quantitative estimate of drug-likeness (QED) is 0.800. The van der Waals surface area contributed by atoms with E-state index in [1.165, 1.54) is 6.26 Å². The number of halogens is 1. The molecule has 0 aliphatic carbocycles. The number of nitrogens with two attached hydrogens (primary N) is 1. The SMILES string of the molecule is NC(c1ncco1)c1cnccc1-c1ccccc1Cl. The third-order valence-corrected chi connectivity index (χ3v) is 3.40. The Labute approximate surface area is 121 Å². The van der Waals surface area contributed by atoms with Crippen LogP contribution in [0, 0.1) is 0 Å². The molecule has 100 valence electrons. The smallest absolute Gasteiger partial charge is 0.215 e. The third-order valence-electron chi connectivity index (χ3n) is 3.07. The van der Waals surface area contributed by atoms with E-state index in [1.807, 2.05) is 30.3 Å². The third kappa shape index (κ3) is 2.31. The summed E-state index contributed by atoms with van der Waals surface area (Å²) in [7, 11) is 0. The minimum absolute atomic E-state index is 0.450. The van der Waals surface area contributed by atoms with Gasteiger partial charge in [-0.3, -0.25) is 4.98 Å². The first-order valence-corrected chi connectivity index (χ1v) is 6.49. The molecule has 2 heterocycles. The van der Waals surface area contributed by atoms with E-state index in [2.05, 4.69) is 9.97 Å². The normalized spacial score (nSPS) is 12.3. The highest BCUT2D eigenvalue weighted by molar-refractivity contribution is 6.33. The van der Waals surface area contributed by atoms with Crippen LogP contribution < -0.4 is 5.73 Å². The van der Waals surface area contributed by atoms with Gasteiger partial charge in [-0.1, -0.05) is 29.8 Å². The fourth-order valence-electron chi connectivity index (χ4n) is 2.10. The average Bonchev–Trinajstić information content (AvgIpc) is 3.01. The number of rotatable bonds is 3. The van der Waals surface area contributed by atoms with Crippen LogP contribution in [0.2, 0.25) is 5.02 Å². The van der Waals surface area contributed by atoms with Gasteiger partial charge < -0.3 is 10.2 Å². The van der Waals surface area contributed by atoms with Gasteiger partial charge in [-0.25, -0.2) is 4.98 Å². The van der Waals surface area contributed by atoms with Crippen LogP contribution in [-0.2, 0) is 0 Å². The summed E-state index contributed by atoms with van der Waals surface area (Å²) in [4.78, 5) is 8.24. The Morgan fingerprint density at radius 3 is 2.70 bits per heavy atom. The fraction of sp³-hybridized carbons (Fsp3) is 0.0667. The molecule has 2 aromatic heterocycles. The van der Waals surface area contributed by atoms with Crippen LogP contribution in [0.1, 0.15) is 17.5 Å². The molecule has 3 rings (SSSR count). The Hall–Kier alpha value is -2.17. The molecule has 0 spiro atoms.